The highest BCUT2D eigenvalue weighted by Gasteiger charge is 2.33. The second-order valence-corrected chi connectivity index (χ2v) is 6.48. The van der Waals surface area contributed by atoms with E-state index < -0.39 is 6.04 Å². The number of pyridine rings is 1. The molecule has 0 spiro atoms. The van der Waals surface area contributed by atoms with Crippen molar-refractivity contribution in [1.82, 2.24) is 30.2 Å². The first kappa shape index (κ1) is 19.0. The summed E-state index contributed by atoms with van der Waals surface area (Å²) in [6.45, 7) is 6.21. The third kappa shape index (κ3) is 4.88. The van der Waals surface area contributed by atoms with E-state index in [1.807, 2.05) is 24.0 Å². The second kappa shape index (κ2) is 8.72. The molecule has 2 amide bonds. The minimum absolute atomic E-state index is 0.108. The average Bonchev–Trinajstić information content (AvgIpc) is 3.08. The molecule has 0 aliphatic carbocycles. The lowest BCUT2D eigenvalue weighted by Crippen LogP contribution is -2.56. The van der Waals surface area contributed by atoms with Gasteiger partial charge in [-0.1, -0.05) is 11.2 Å². The lowest BCUT2D eigenvalue weighted by atomic mass is 10.1. The Hall–Kier alpha value is -2.81. The van der Waals surface area contributed by atoms with Crippen molar-refractivity contribution in [3.05, 3.63) is 41.8 Å². The Morgan fingerprint density at radius 3 is 3.00 bits per heavy atom. The maximum atomic E-state index is 12.8. The smallest absolute Gasteiger partial charge is 0.237 e. The molecule has 3 rings (SSSR count). The van der Waals surface area contributed by atoms with Crippen LogP contribution in [0.2, 0.25) is 0 Å². The summed E-state index contributed by atoms with van der Waals surface area (Å²) in [5.74, 6) is 0.689. The number of carbonyl (C=O) groups is 2. The summed E-state index contributed by atoms with van der Waals surface area (Å²) >= 11 is 0. The maximum Gasteiger partial charge on any atom is 0.237 e. The van der Waals surface area contributed by atoms with E-state index in [-0.39, 0.29) is 24.8 Å². The van der Waals surface area contributed by atoms with E-state index in [0.29, 0.717) is 37.9 Å². The zero-order valence-electron chi connectivity index (χ0n) is 15.6. The number of carbonyl (C=O) groups excluding carboxylic acids is 2. The number of aryl methyl sites for hydroxylation is 1. The molecule has 144 valence electrons. The van der Waals surface area contributed by atoms with E-state index in [4.69, 9.17) is 4.52 Å². The molecule has 1 fully saturated rings. The molecule has 2 aromatic rings. The molecule has 27 heavy (non-hydrogen) atoms. The first-order valence-electron chi connectivity index (χ1n) is 9.04. The lowest BCUT2D eigenvalue weighted by Gasteiger charge is -2.35. The van der Waals surface area contributed by atoms with Gasteiger partial charge >= 0.3 is 0 Å². The van der Waals surface area contributed by atoms with E-state index in [0.717, 1.165) is 5.56 Å². The Bertz CT molecular complexity index is 778. The SMILES string of the molecule is CCN(Cc1noc(C)n1)C(=O)C[C@@H]1C(=O)NCCN1Cc1cccnc1. The Kier molecular flexibility index (Phi) is 6.12. The number of piperazine rings is 1. The predicted molar refractivity (Wildman–Crippen MR) is 96.2 cm³/mol. The summed E-state index contributed by atoms with van der Waals surface area (Å²) in [5, 5.41) is 6.70. The van der Waals surface area contributed by atoms with Gasteiger partial charge < -0.3 is 14.7 Å². The highest BCUT2D eigenvalue weighted by molar-refractivity contribution is 5.88. The topological polar surface area (TPSA) is 104 Å². The Morgan fingerprint density at radius 1 is 1.48 bits per heavy atom. The van der Waals surface area contributed by atoms with Gasteiger partial charge in [-0.2, -0.15) is 4.98 Å². The van der Waals surface area contributed by atoms with Crippen molar-refractivity contribution in [3.8, 4) is 0 Å². The molecule has 0 saturated carbocycles. The molecular formula is C18H24N6O3. The minimum Gasteiger partial charge on any atom is -0.353 e. The van der Waals surface area contributed by atoms with E-state index in [1.54, 1.807) is 24.2 Å². The van der Waals surface area contributed by atoms with Crippen molar-refractivity contribution in [3.63, 3.8) is 0 Å². The Balaban J connectivity index is 1.67. The first-order valence-corrected chi connectivity index (χ1v) is 9.04. The lowest BCUT2D eigenvalue weighted by molar-refractivity contribution is -0.139. The molecule has 1 aliphatic rings. The average molecular weight is 372 g/mol. The van der Waals surface area contributed by atoms with Crippen LogP contribution in [-0.4, -0.2) is 62.4 Å². The number of amides is 2. The third-order valence-electron chi connectivity index (χ3n) is 4.55. The predicted octanol–water partition coefficient (Wildman–Crippen LogP) is 0.512. The van der Waals surface area contributed by atoms with Crippen LogP contribution in [0.5, 0.6) is 0 Å². The highest BCUT2D eigenvalue weighted by Crippen LogP contribution is 2.15. The van der Waals surface area contributed by atoms with Gasteiger partial charge in [-0.05, 0) is 18.6 Å². The Morgan fingerprint density at radius 2 is 2.33 bits per heavy atom. The van der Waals surface area contributed by atoms with Gasteiger partial charge in [0, 0.05) is 45.5 Å². The van der Waals surface area contributed by atoms with Crippen LogP contribution >= 0.6 is 0 Å². The number of rotatable bonds is 7. The van der Waals surface area contributed by atoms with Gasteiger partial charge in [0.2, 0.25) is 17.7 Å². The van der Waals surface area contributed by atoms with Crippen molar-refractivity contribution >= 4 is 11.8 Å². The van der Waals surface area contributed by atoms with E-state index in [2.05, 4.69) is 20.4 Å². The molecule has 0 aromatic carbocycles. The molecule has 9 heteroatoms. The Labute approximate surface area is 157 Å². The zero-order chi connectivity index (χ0) is 19.2. The summed E-state index contributed by atoms with van der Waals surface area (Å²) in [7, 11) is 0. The maximum absolute atomic E-state index is 12.8. The van der Waals surface area contributed by atoms with Crippen LogP contribution in [0.3, 0.4) is 0 Å². The number of hydrogen-bond donors (Lipinski definition) is 1. The summed E-state index contributed by atoms with van der Waals surface area (Å²) in [6, 6.07) is 3.33. The first-order chi connectivity index (χ1) is 13.1. The fourth-order valence-corrected chi connectivity index (χ4v) is 3.15. The van der Waals surface area contributed by atoms with Gasteiger partial charge in [0.25, 0.3) is 0 Å². The van der Waals surface area contributed by atoms with Crippen LogP contribution in [0, 0.1) is 6.92 Å². The van der Waals surface area contributed by atoms with Gasteiger partial charge in [0.05, 0.1) is 19.0 Å². The van der Waals surface area contributed by atoms with Crippen molar-refractivity contribution in [2.75, 3.05) is 19.6 Å². The van der Waals surface area contributed by atoms with Crippen LogP contribution < -0.4 is 5.32 Å². The summed E-state index contributed by atoms with van der Waals surface area (Å²) in [4.78, 5) is 37.2. The van der Waals surface area contributed by atoms with Crippen LogP contribution in [0.1, 0.15) is 30.6 Å². The monoisotopic (exact) mass is 372 g/mol. The van der Waals surface area contributed by atoms with Crippen molar-refractivity contribution < 1.29 is 14.1 Å². The quantitative estimate of drug-likeness (QED) is 0.755. The van der Waals surface area contributed by atoms with E-state index >= 15 is 0 Å². The molecule has 1 aliphatic heterocycles. The van der Waals surface area contributed by atoms with Crippen LogP contribution in [0.4, 0.5) is 0 Å². The van der Waals surface area contributed by atoms with Gasteiger partial charge in [-0.3, -0.25) is 19.5 Å². The summed E-state index contributed by atoms with van der Waals surface area (Å²) < 4.78 is 4.96. The normalized spacial score (nSPS) is 17.6. The van der Waals surface area contributed by atoms with E-state index in [9.17, 15) is 9.59 Å². The van der Waals surface area contributed by atoms with Gasteiger partial charge in [0.15, 0.2) is 5.82 Å². The summed E-state index contributed by atoms with van der Waals surface area (Å²) in [5.41, 5.74) is 1.01. The molecule has 9 nitrogen and oxygen atoms in total. The molecule has 1 N–H and O–H groups in total. The fourth-order valence-electron chi connectivity index (χ4n) is 3.15. The largest absolute Gasteiger partial charge is 0.353 e. The van der Waals surface area contributed by atoms with Gasteiger partial charge in [-0.25, -0.2) is 0 Å². The molecular weight excluding hydrogens is 348 g/mol. The van der Waals surface area contributed by atoms with Crippen molar-refractivity contribution in [1.29, 1.82) is 0 Å². The van der Waals surface area contributed by atoms with Crippen LogP contribution in [0.15, 0.2) is 29.0 Å². The highest BCUT2D eigenvalue weighted by atomic mass is 16.5. The van der Waals surface area contributed by atoms with Gasteiger partial charge in [-0.15, -0.1) is 0 Å². The molecule has 1 saturated heterocycles. The number of hydrogen-bond acceptors (Lipinski definition) is 7. The van der Waals surface area contributed by atoms with Crippen molar-refractivity contribution in [2.45, 2.75) is 39.4 Å². The second-order valence-electron chi connectivity index (χ2n) is 6.48. The zero-order valence-corrected chi connectivity index (χ0v) is 15.6. The number of nitrogens with zero attached hydrogens (tertiary/aromatic N) is 5. The fraction of sp³-hybridized carbons (Fsp3) is 0.500. The molecule has 0 unspecified atom stereocenters. The molecule has 1 atom stereocenters. The molecule has 3 heterocycles. The standard InChI is InChI=1S/C18H24N6O3/c1-3-23(12-16-21-13(2)27-22-16)17(25)9-15-18(26)20-7-8-24(15)11-14-5-4-6-19-10-14/h4-6,10,15H,3,7-9,11-12H2,1-2H3,(H,20,26)/t15-/m1/s1. The third-order valence-corrected chi connectivity index (χ3v) is 4.55. The van der Waals surface area contributed by atoms with E-state index in [1.165, 1.54) is 0 Å². The number of nitrogens with one attached hydrogen (secondary N) is 1. The van der Waals surface area contributed by atoms with Crippen LogP contribution in [-0.2, 0) is 22.7 Å². The number of aromatic nitrogens is 3. The summed E-state index contributed by atoms with van der Waals surface area (Å²) in [6.07, 6.45) is 3.60. The minimum atomic E-state index is -0.507. The van der Waals surface area contributed by atoms with Crippen LogP contribution in [0.25, 0.3) is 0 Å². The van der Waals surface area contributed by atoms with Crippen molar-refractivity contribution in [2.24, 2.45) is 0 Å². The molecule has 0 bridgehead atoms. The van der Waals surface area contributed by atoms with Gasteiger partial charge in [0.1, 0.15) is 0 Å². The molecule has 2 aromatic heterocycles. The molecule has 0 radical (unpaired) electrons.